The molecular weight excluding hydrogens is 741 g/mol. The molecule has 0 fully saturated rings. The average molecular weight is 807 g/mol. The minimum absolute atomic E-state index is 0.125. The Kier molecular flexibility index (Phi) is 13.9. The van der Waals surface area contributed by atoms with Gasteiger partial charge in [0.2, 0.25) is 0 Å². The summed E-state index contributed by atoms with van der Waals surface area (Å²) in [7, 11) is -13.4. The summed E-state index contributed by atoms with van der Waals surface area (Å²) in [5.74, 6) is 0. The van der Waals surface area contributed by atoms with Gasteiger partial charge in [-0.1, -0.05) is 0 Å². The third-order valence-corrected chi connectivity index (χ3v) is 42.4. The van der Waals surface area contributed by atoms with Gasteiger partial charge in [-0.2, -0.15) is 0 Å². The van der Waals surface area contributed by atoms with Gasteiger partial charge >= 0.3 is 301 Å². The van der Waals surface area contributed by atoms with Crippen molar-refractivity contribution < 1.29 is 37.2 Å². The number of hydrogen-bond acceptors (Lipinski definition) is 9. The number of fused-ring (bicyclic) bond motifs is 1. The molecule has 0 unspecified atom stereocenters. The second kappa shape index (κ2) is 15.2. The summed E-state index contributed by atoms with van der Waals surface area (Å²) in [5, 5.41) is 0.290. The van der Waals surface area contributed by atoms with Crippen molar-refractivity contribution in [2.45, 2.75) is 97.8 Å². The molecule has 2 aromatic carbocycles. The van der Waals surface area contributed by atoms with Crippen LogP contribution in [0, 0.1) is 0 Å². The molecule has 288 valence electrons. The van der Waals surface area contributed by atoms with E-state index < -0.39 is 50.8 Å². The van der Waals surface area contributed by atoms with E-state index in [1.165, 1.54) is 24.3 Å². The van der Waals surface area contributed by atoms with Crippen LogP contribution in [0.4, 0.5) is 0 Å². The normalized spacial score (nSPS) is 16.4. The molecule has 0 aromatic heterocycles. The molecule has 2 aromatic rings. The summed E-state index contributed by atoms with van der Waals surface area (Å²) < 4.78 is 104. The van der Waals surface area contributed by atoms with Crippen molar-refractivity contribution in [1.82, 2.24) is 0 Å². The van der Waals surface area contributed by atoms with Crippen LogP contribution in [0.2, 0.25) is 0 Å². The van der Waals surface area contributed by atoms with Crippen LogP contribution in [0.3, 0.4) is 0 Å². The van der Waals surface area contributed by atoms with Crippen LogP contribution in [0.25, 0.3) is 10.8 Å². The molecule has 0 aliphatic heterocycles. The van der Waals surface area contributed by atoms with Crippen LogP contribution in [0.1, 0.15) is 83.1 Å². The van der Waals surface area contributed by atoms with Gasteiger partial charge in [-0.25, -0.2) is 0 Å². The van der Waals surface area contributed by atoms with Crippen molar-refractivity contribution in [3.8, 4) is 0 Å². The quantitative estimate of drug-likeness (QED) is 0.113. The molecule has 9 nitrogen and oxygen atoms in total. The van der Waals surface area contributed by atoms with E-state index in [4.69, 9.17) is 11.9 Å². The first-order valence-electron chi connectivity index (χ1n) is 18.1. The van der Waals surface area contributed by atoms with Crippen LogP contribution < -0.4 is 0 Å². The molecule has 0 radical (unpaired) electrons. The first-order chi connectivity index (χ1) is 22.6. The summed E-state index contributed by atoms with van der Waals surface area (Å²) >= 11 is 0. The van der Waals surface area contributed by atoms with Gasteiger partial charge in [0.15, 0.2) is 0 Å². The zero-order valence-corrected chi connectivity index (χ0v) is 37.2. The topological polar surface area (TPSA) is 130 Å². The molecule has 0 heterocycles. The average Bonchev–Trinajstić information content (AvgIpc) is 3.12. The molecule has 0 aliphatic rings. The van der Waals surface area contributed by atoms with Crippen LogP contribution in [-0.2, 0) is 42.3 Å². The number of hydrogen-bond donors (Lipinski definition) is 0. The molecule has 0 bridgehead atoms. The molecule has 0 spiro atoms. The summed E-state index contributed by atoms with van der Waals surface area (Å²) in [4.78, 5) is -0.828. The monoisotopic (exact) mass is 806 g/mol. The van der Waals surface area contributed by atoms with E-state index in [1.807, 2.05) is 83.1 Å². The van der Waals surface area contributed by atoms with E-state index >= 15 is 0 Å². The Labute approximate surface area is 299 Å². The van der Waals surface area contributed by atoms with Gasteiger partial charge in [-0.3, -0.25) is 0 Å². The Hall–Kier alpha value is -0.280. The molecule has 49 heavy (non-hydrogen) atoms. The van der Waals surface area contributed by atoms with Gasteiger partial charge in [0.25, 0.3) is 0 Å². The molecule has 15 heteroatoms. The molecule has 0 N–H and O–H groups in total. The predicted molar refractivity (Wildman–Crippen MR) is 216 cm³/mol. The Balaban J connectivity index is 3.09. The first-order valence-corrected chi connectivity index (χ1v) is 31.0. The van der Waals surface area contributed by atoms with Crippen LogP contribution in [0.15, 0.2) is 45.0 Å². The van der Waals surface area contributed by atoms with Crippen molar-refractivity contribution >= 4 is 61.6 Å². The molecule has 0 saturated heterocycles. The molecule has 0 atom stereocenters. The van der Waals surface area contributed by atoms with E-state index in [2.05, 4.69) is 0 Å². The Morgan fingerprint density at radius 1 is 0.408 bits per heavy atom. The number of benzene rings is 2. The van der Waals surface area contributed by atoms with Crippen LogP contribution >= 0.6 is 20.5 Å². The Bertz CT molecular complexity index is 1750. The summed E-state index contributed by atoms with van der Waals surface area (Å²) in [6, 6.07) is 6.55. The molecule has 2 rings (SSSR count). The second-order valence-corrected chi connectivity index (χ2v) is 38.4. The Morgan fingerprint density at radius 3 is 1.02 bits per heavy atom. The molecule has 0 aliphatic carbocycles. The summed E-state index contributed by atoms with van der Waals surface area (Å²) in [5.41, 5.74) is 0. The third kappa shape index (κ3) is 7.99. The predicted octanol–water partition coefficient (Wildman–Crippen LogP) is 9.60. The third-order valence-electron chi connectivity index (χ3n) is 13.2. The fraction of sp³-hybridized carbons (Fsp3) is 0.706. The van der Waals surface area contributed by atoms with Gasteiger partial charge in [0.05, 0.1) is 0 Å². The van der Waals surface area contributed by atoms with Crippen LogP contribution in [-0.4, -0.2) is 99.2 Å². The van der Waals surface area contributed by atoms with Crippen molar-refractivity contribution in [3.63, 3.8) is 0 Å². The zero-order valence-electron chi connectivity index (χ0n) is 32.1. The van der Waals surface area contributed by atoms with Gasteiger partial charge < -0.3 is 0 Å². The molecular formula is C34H65O9P3S3. The standard InChI is InChI=1S/C34H65O9P3S3/c1-13-44(14-2,15-3,16-4)41-47(35,36)31-25-26-33-30(27-31)28-32(48(37,38)42-45(17-5,18-6,19-7)20-8)29-34(33)49(39,40)43-46(21-9,22-10,23-11)24-12/h25-29H,13-24H2,1-12H3. The SMILES string of the molecule is CCP(CC)(CC)(CC)OS(=O)(=O)c1ccc2c(S(=O)(=O)OP(CC)(CC)(CC)CC)cc(S(=O)(=O)OP(CC)(CC)(CC)CC)cc2c1. The molecule has 0 saturated carbocycles. The maximum absolute atomic E-state index is 14.5. The van der Waals surface area contributed by atoms with Crippen molar-refractivity contribution in [2.75, 3.05) is 73.9 Å². The summed E-state index contributed by atoms with van der Waals surface area (Å²) in [6.45, 7) is 13.8. The fourth-order valence-corrected chi connectivity index (χ4v) is 30.0. The Morgan fingerprint density at radius 2 is 0.694 bits per heavy atom. The molecule has 0 amide bonds. The van der Waals surface area contributed by atoms with Crippen molar-refractivity contribution in [3.05, 3.63) is 30.3 Å². The van der Waals surface area contributed by atoms with Gasteiger partial charge in [-0.15, -0.1) is 0 Å². The van der Waals surface area contributed by atoms with E-state index in [1.54, 1.807) is 0 Å². The van der Waals surface area contributed by atoms with Gasteiger partial charge in [0, 0.05) is 0 Å². The minimum atomic E-state index is -4.54. The van der Waals surface area contributed by atoms with E-state index in [-0.39, 0.29) is 25.5 Å². The van der Waals surface area contributed by atoms with Gasteiger partial charge in [0.1, 0.15) is 0 Å². The van der Waals surface area contributed by atoms with Crippen LogP contribution in [0.5, 0.6) is 0 Å². The zero-order chi connectivity index (χ0) is 37.9. The fourth-order valence-electron chi connectivity index (χ4n) is 7.41. The van der Waals surface area contributed by atoms with E-state index in [9.17, 15) is 25.3 Å². The van der Waals surface area contributed by atoms with Crippen molar-refractivity contribution in [2.24, 2.45) is 0 Å². The van der Waals surface area contributed by atoms with Crippen molar-refractivity contribution in [1.29, 1.82) is 0 Å². The first kappa shape index (κ1) is 44.9. The summed E-state index contributed by atoms with van der Waals surface area (Å²) in [6.07, 6.45) is 6.68. The van der Waals surface area contributed by atoms with E-state index in [0.717, 1.165) is 6.07 Å². The second-order valence-electron chi connectivity index (χ2n) is 13.8. The number of rotatable bonds is 21. The van der Waals surface area contributed by atoms with Gasteiger partial charge in [-0.05, 0) is 0 Å². The maximum atomic E-state index is 14.5. The van der Waals surface area contributed by atoms with E-state index in [0.29, 0.717) is 73.9 Å².